The van der Waals surface area contributed by atoms with Crippen LogP contribution in [-0.2, 0) is 0 Å². The summed E-state index contributed by atoms with van der Waals surface area (Å²) in [6, 6.07) is 5.69. The predicted molar refractivity (Wildman–Crippen MR) is 74.8 cm³/mol. The molecular formula is C13H20N4O. The van der Waals surface area contributed by atoms with Crippen molar-refractivity contribution in [3.8, 4) is 5.75 Å². The number of fused-ring (bicyclic) bond motifs is 1. The van der Waals surface area contributed by atoms with Crippen LogP contribution in [0.5, 0.6) is 5.75 Å². The van der Waals surface area contributed by atoms with Crippen LogP contribution in [0.3, 0.4) is 0 Å². The smallest absolute Gasteiger partial charge is 0.154 e. The fraction of sp³-hybridized carbons (Fsp3) is 0.385. The molecule has 2 aromatic rings. The highest BCUT2D eigenvalue weighted by atomic mass is 16.5. The van der Waals surface area contributed by atoms with Gasteiger partial charge in [0.05, 0.1) is 7.11 Å². The Labute approximate surface area is 108 Å². The minimum Gasteiger partial charge on any atom is -0.494 e. The van der Waals surface area contributed by atoms with Crippen molar-refractivity contribution in [3.05, 3.63) is 24.0 Å². The molecule has 0 unspecified atom stereocenters. The number of nitrogens with two attached hydrogens (primary N) is 1. The number of hydrogen-bond donors (Lipinski definition) is 1. The summed E-state index contributed by atoms with van der Waals surface area (Å²) in [6.07, 6.45) is 0. The van der Waals surface area contributed by atoms with E-state index >= 15 is 0 Å². The van der Waals surface area contributed by atoms with Crippen molar-refractivity contribution in [1.82, 2.24) is 9.97 Å². The number of para-hydroxylation sites is 1. The first kappa shape index (κ1) is 14.2. The van der Waals surface area contributed by atoms with Crippen LogP contribution in [0.2, 0.25) is 0 Å². The van der Waals surface area contributed by atoms with Gasteiger partial charge in [-0.05, 0) is 19.1 Å². The number of ether oxygens (including phenoxy) is 1. The van der Waals surface area contributed by atoms with E-state index in [0.717, 1.165) is 16.7 Å². The van der Waals surface area contributed by atoms with Crippen molar-refractivity contribution in [2.24, 2.45) is 5.84 Å². The van der Waals surface area contributed by atoms with Gasteiger partial charge >= 0.3 is 0 Å². The van der Waals surface area contributed by atoms with Gasteiger partial charge in [-0.25, -0.2) is 15.8 Å². The van der Waals surface area contributed by atoms with Crippen molar-refractivity contribution in [2.45, 2.75) is 20.8 Å². The highest BCUT2D eigenvalue weighted by Crippen LogP contribution is 2.28. The minimum absolute atomic E-state index is 0.671. The largest absolute Gasteiger partial charge is 0.494 e. The van der Waals surface area contributed by atoms with Crippen molar-refractivity contribution >= 4 is 16.7 Å². The number of aromatic nitrogens is 2. The van der Waals surface area contributed by atoms with Crippen LogP contribution in [0.25, 0.3) is 10.9 Å². The Morgan fingerprint density at radius 3 is 2.44 bits per heavy atom. The third kappa shape index (κ3) is 2.68. The zero-order chi connectivity index (χ0) is 13.7. The second-order valence-electron chi connectivity index (χ2n) is 3.56. The Bertz CT molecular complexity index is 526. The lowest BCUT2D eigenvalue weighted by atomic mass is 10.2. The molecule has 2 N–H and O–H groups in total. The summed E-state index contributed by atoms with van der Waals surface area (Å²) in [5.74, 6) is 7.84. The van der Waals surface area contributed by atoms with Crippen LogP contribution in [0.1, 0.15) is 19.7 Å². The van der Waals surface area contributed by atoms with Crippen molar-refractivity contribution in [1.29, 1.82) is 0 Å². The maximum absolute atomic E-state index is 5.74. The molecule has 2 rings (SSSR count). The van der Waals surface area contributed by atoms with E-state index in [9.17, 15) is 0 Å². The zero-order valence-electron chi connectivity index (χ0n) is 11.6. The highest BCUT2D eigenvalue weighted by molar-refractivity contribution is 5.93. The number of nitrogens with zero attached hydrogens (tertiary/aromatic N) is 3. The Hall–Kier alpha value is -1.88. The lowest BCUT2D eigenvalue weighted by Crippen LogP contribution is -2.26. The molecule has 1 aromatic heterocycles. The molecule has 0 atom stereocenters. The normalized spacial score (nSPS) is 9.67. The first-order valence-electron chi connectivity index (χ1n) is 5.93. The monoisotopic (exact) mass is 248 g/mol. The number of hydrazine groups is 1. The number of anilines is 1. The molecule has 0 aliphatic heterocycles. The predicted octanol–water partition coefficient (Wildman–Crippen LogP) is 2.28. The summed E-state index contributed by atoms with van der Waals surface area (Å²) in [4.78, 5) is 8.68. The summed E-state index contributed by atoms with van der Waals surface area (Å²) >= 11 is 0. The zero-order valence-corrected chi connectivity index (χ0v) is 11.6. The van der Waals surface area contributed by atoms with E-state index in [0.29, 0.717) is 11.6 Å². The second-order valence-corrected chi connectivity index (χ2v) is 3.56. The molecule has 0 aliphatic carbocycles. The average Bonchev–Trinajstić information content (AvgIpc) is 2.39. The van der Waals surface area contributed by atoms with Crippen LogP contribution in [0, 0.1) is 6.92 Å². The highest BCUT2D eigenvalue weighted by Gasteiger charge is 2.10. The molecule has 0 radical (unpaired) electrons. The fourth-order valence-electron chi connectivity index (χ4n) is 1.65. The molecule has 0 fully saturated rings. The molecule has 0 amide bonds. The summed E-state index contributed by atoms with van der Waals surface area (Å²) in [6.45, 7) is 5.83. The topological polar surface area (TPSA) is 64.3 Å². The molecule has 0 aliphatic rings. The van der Waals surface area contributed by atoms with Gasteiger partial charge < -0.3 is 4.74 Å². The third-order valence-electron chi connectivity index (χ3n) is 2.34. The lowest BCUT2D eigenvalue weighted by molar-refractivity contribution is 0.418. The first-order chi connectivity index (χ1) is 8.63. The lowest BCUT2D eigenvalue weighted by Gasteiger charge is -2.15. The maximum Gasteiger partial charge on any atom is 0.154 e. The molecule has 98 valence electrons. The van der Waals surface area contributed by atoms with E-state index in [-0.39, 0.29) is 0 Å². The number of benzene rings is 1. The first-order valence-corrected chi connectivity index (χ1v) is 5.93. The molecule has 5 nitrogen and oxygen atoms in total. The van der Waals surface area contributed by atoms with Crippen LogP contribution < -0.4 is 15.6 Å². The van der Waals surface area contributed by atoms with Gasteiger partial charge in [-0.1, -0.05) is 19.9 Å². The third-order valence-corrected chi connectivity index (χ3v) is 2.34. The van der Waals surface area contributed by atoms with Crippen LogP contribution >= 0.6 is 0 Å². The van der Waals surface area contributed by atoms with E-state index < -0.39 is 0 Å². The molecule has 1 aromatic carbocycles. The standard InChI is InChI=1S/C11H14N4O.C2H6/c1-7-13-10-8(11(14-7)15(2)12)5-4-6-9(10)16-3;1-2/h4-6H,12H2,1-3H3;1-2H3. The molecule has 0 spiro atoms. The van der Waals surface area contributed by atoms with Gasteiger partial charge in [-0.2, -0.15) is 0 Å². The van der Waals surface area contributed by atoms with Crippen molar-refractivity contribution < 1.29 is 4.74 Å². The van der Waals surface area contributed by atoms with Crippen molar-refractivity contribution in [3.63, 3.8) is 0 Å². The van der Waals surface area contributed by atoms with Crippen LogP contribution in [0.4, 0.5) is 5.82 Å². The summed E-state index contributed by atoms with van der Waals surface area (Å²) in [7, 11) is 3.37. The van der Waals surface area contributed by atoms with Gasteiger partial charge in [0, 0.05) is 12.4 Å². The van der Waals surface area contributed by atoms with Crippen LogP contribution in [0.15, 0.2) is 18.2 Å². The Morgan fingerprint density at radius 1 is 1.22 bits per heavy atom. The van der Waals surface area contributed by atoms with Gasteiger partial charge in [0.25, 0.3) is 0 Å². The molecular weight excluding hydrogens is 228 g/mol. The Kier molecular flexibility index (Phi) is 4.85. The molecule has 18 heavy (non-hydrogen) atoms. The maximum atomic E-state index is 5.74. The van der Waals surface area contributed by atoms with Crippen molar-refractivity contribution in [2.75, 3.05) is 19.2 Å². The van der Waals surface area contributed by atoms with Gasteiger partial charge in [-0.15, -0.1) is 0 Å². The Morgan fingerprint density at radius 2 is 1.89 bits per heavy atom. The molecule has 0 saturated heterocycles. The minimum atomic E-state index is 0.671. The van der Waals surface area contributed by atoms with E-state index in [4.69, 9.17) is 10.6 Å². The van der Waals surface area contributed by atoms with E-state index in [1.54, 1.807) is 14.2 Å². The SMILES string of the molecule is CC.COc1cccc2c(N(C)N)nc(C)nc12. The van der Waals surface area contributed by atoms with Crippen LogP contribution in [-0.4, -0.2) is 24.1 Å². The number of rotatable bonds is 2. The fourth-order valence-corrected chi connectivity index (χ4v) is 1.65. The van der Waals surface area contributed by atoms with Gasteiger partial charge in [-0.3, -0.25) is 5.01 Å². The summed E-state index contributed by atoms with van der Waals surface area (Å²) in [5.41, 5.74) is 0.782. The average molecular weight is 248 g/mol. The number of hydrogen-bond acceptors (Lipinski definition) is 5. The summed E-state index contributed by atoms with van der Waals surface area (Å²) < 4.78 is 5.27. The van der Waals surface area contributed by atoms with E-state index in [1.807, 2.05) is 39.0 Å². The van der Waals surface area contributed by atoms with E-state index in [1.165, 1.54) is 5.01 Å². The Balaban J connectivity index is 0.000000771. The van der Waals surface area contributed by atoms with Gasteiger partial charge in [0.2, 0.25) is 0 Å². The molecule has 0 bridgehead atoms. The second kappa shape index (κ2) is 6.16. The molecule has 5 heteroatoms. The number of methoxy groups -OCH3 is 1. The number of aryl methyl sites for hydroxylation is 1. The summed E-state index contributed by atoms with van der Waals surface area (Å²) in [5, 5.41) is 2.37. The quantitative estimate of drug-likeness (QED) is 0.652. The van der Waals surface area contributed by atoms with E-state index in [2.05, 4.69) is 9.97 Å². The molecule has 0 saturated carbocycles. The molecule has 1 heterocycles. The van der Waals surface area contributed by atoms with Gasteiger partial charge in [0.1, 0.15) is 17.1 Å². The van der Waals surface area contributed by atoms with Gasteiger partial charge in [0.15, 0.2) is 5.82 Å².